The number of nitrogens with one attached hydrogen (secondary N) is 1. The van der Waals surface area contributed by atoms with Crippen LogP contribution in [0, 0.1) is 0 Å². The lowest BCUT2D eigenvalue weighted by Gasteiger charge is -2.30. The summed E-state index contributed by atoms with van der Waals surface area (Å²) in [6.45, 7) is 6.70. The van der Waals surface area contributed by atoms with E-state index in [4.69, 9.17) is 13.8 Å². The van der Waals surface area contributed by atoms with E-state index in [1.807, 2.05) is 33.3 Å². The van der Waals surface area contributed by atoms with E-state index in [1.165, 1.54) is 141 Å². The van der Waals surface area contributed by atoms with E-state index in [2.05, 4.69) is 111 Å². The summed E-state index contributed by atoms with van der Waals surface area (Å²) in [7, 11) is 1.16. The van der Waals surface area contributed by atoms with E-state index >= 15 is 0 Å². The van der Waals surface area contributed by atoms with Gasteiger partial charge in [0.25, 0.3) is 7.82 Å². The number of quaternary nitrogens is 1. The highest BCUT2D eigenvalue weighted by Crippen LogP contribution is 2.38. The molecule has 468 valence electrons. The van der Waals surface area contributed by atoms with E-state index in [-0.39, 0.29) is 24.9 Å². The van der Waals surface area contributed by atoms with E-state index in [0.717, 1.165) is 109 Å². The highest BCUT2D eigenvalue weighted by molar-refractivity contribution is 7.45. The Kier molecular flexibility index (Phi) is 57.8. The summed E-state index contributed by atoms with van der Waals surface area (Å²) in [6.07, 6.45) is 80.8. The van der Waals surface area contributed by atoms with Gasteiger partial charge in [0.2, 0.25) is 5.91 Å². The Balaban J connectivity index is 5.24. The first-order valence-electron chi connectivity index (χ1n) is 33.5. The molecule has 0 saturated carbocycles. The Hall–Kier alpha value is -3.07. The molecule has 0 fully saturated rings. The van der Waals surface area contributed by atoms with Crippen molar-refractivity contribution in [3.63, 3.8) is 0 Å². The number of rotatable bonds is 60. The SMILES string of the molecule is CC/C=C\C/C=C\C/C=C\C/C=C\C/C=C\CCCCCCCC(=O)NC(COP(=O)([O-])OCC[N+](C)(C)C)C(/C=C/CCCCCCCCCCCCC)OC(=O)CCCCCCCCCCCCC/C=C\C/C=C\CCCCC. The zero-order valence-corrected chi connectivity index (χ0v) is 54.4. The fourth-order valence-electron chi connectivity index (χ4n) is 9.34. The molecule has 81 heavy (non-hydrogen) atoms. The molecular weight excluding hydrogens is 1020 g/mol. The van der Waals surface area contributed by atoms with Gasteiger partial charge in [-0.1, -0.05) is 266 Å². The first kappa shape index (κ1) is 77.9. The first-order valence-corrected chi connectivity index (χ1v) is 35.0. The maximum Gasteiger partial charge on any atom is 0.306 e. The number of amides is 1. The van der Waals surface area contributed by atoms with Crippen molar-refractivity contribution in [1.29, 1.82) is 0 Å². The first-order chi connectivity index (χ1) is 39.4. The number of ether oxygens (including phenoxy) is 1. The Labute approximate surface area is 500 Å². The lowest BCUT2D eigenvalue weighted by Crippen LogP contribution is -2.47. The van der Waals surface area contributed by atoms with Gasteiger partial charge in [-0.05, 0) is 109 Å². The van der Waals surface area contributed by atoms with Crippen molar-refractivity contribution in [3.05, 3.63) is 97.2 Å². The average molecular weight is 1150 g/mol. The van der Waals surface area contributed by atoms with Crippen LogP contribution in [-0.2, 0) is 27.9 Å². The molecule has 9 nitrogen and oxygen atoms in total. The Morgan fingerprint density at radius 2 is 0.790 bits per heavy atom. The molecule has 0 aromatic carbocycles. The predicted octanol–water partition coefficient (Wildman–Crippen LogP) is 20.5. The second-order valence-electron chi connectivity index (χ2n) is 23.6. The molecule has 0 spiro atoms. The van der Waals surface area contributed by atoms with Gasteiger partial charge < -0.3 is 28.5 Å². The fraction of sp³-hybridized carbons (Fsp3) is 0.746. The summed E-state index contributed by atoms with van der Waals surface area (Å²) >= 11 is 0. The lowest BCUT2D eigenvalue weighted by molar-refractivity contribution is -0.870. The molecule has 0 bridgehead atoms. The third kappa shape index (κ3) is 61.3. The molecule has 0 saturated heterocycles. The predicted molar refractivity (Wildman–Crippen MR) is 348 cm³/mol. The summed E-state index contributed by atoms with van der Waals surface area (Å²) in [6, 6.07) is -0.906. The van der Waals surface area contributed by atoms with Crippen molar-refractivity contribution < 1.29 is 37.3 Å². The monoisotopic (exact) mass is 1150 g/mol. The van der Waals surface area contributed by atoms with Crippen LogP contribution in [0.1, 0.15) is 290 Å². The summed E-state index contributed by atoms with van der Waals surface area (Å²) in [4.78, 5) is 40.1. The van der Waals surface area contributed by atoms with Crippen molar-refractivity contribution >= 4 is 19.7 Å². The molecule has 0 aromatic heterocycles. The van der Waals surface area contributed by atoms with Crippen LogP contribution in [0.25, 0.3) is 0 Å². The maximum absolute atomic E-state index is 13.6. The minimum absolute atomic E-state index is 0.0306. The van der Waals surface area contributed by atoms with Crippen LogP contribution >= 0.6 is 7.82 Å². The number of carbonyl (C=O) groups is 2. The molecule has 0 aliphatic heterocycles. The van der Waals surface area contributed by atoms with E-state index < -0.39 is 26.6 Å². The van der Waals surface area contributed by atoms with Gasteiger partial charge >= 0.3 is 5.97 Å². The van der Waals surface area contributed by atoms with Gasteiger partial charge in [-0.3, -0.25) is 14.2 Å². The molecule has 1 N–H and O–H groups in total. The highest BCUT2D eigenvalue weighted by Gasteiger charge is 2.27. The number of allylic oxidation sites excluding steroid dienone is 15. The number of likely N-dealkylation sites (N-methyl/N-ethyl adjacent to an activating group) is 1. The summed E-state index contributed by atoms with van der Waals surface area (Å²) < 4.78 is 30.4. The van der Waals surface area contributed by atoms with Gasteiger partial charge in [-0.2, -0.15) is 0 Å². The zero-order valence-electron chi connectivity index (χ0n) is 53.5. The van der Waals surface area contributed by atoms with Crippen LogP contribution in [0.4, 0.5) is 0 Å². The molecule has 0 heterocycles. The van der Waals surface area contributed by atoms with Crippen LogP contribution in [0.3, 0.4) is 0 Å². The third-order valence-corrected chi connectivity index (χ3v) is 15.5. The summed E-state index contributed by atoms with van der Waals surface area (Å²) in [5.74, 6) is -0.563. The standard InChI is InChI=1S/C71H127N2O7P/c1-7-10-13-16-19-22-25-28-30-32-34-36-38-40-42-45-48-51-54-57-60-63-70(74)72-68(67-79-81(76,77)78-66-65-73(4,5)6)69(62-59-56-53-50-47-44-27-24-21-18-15-12-9-3)80-71(75)64-61-58-55-52-49-46-43-41-39-37-35-33-31-29-26-23-20-17-14-11-8-2/h10,13,19-20,22-23,28-31,34,36,40,42,59,62,68-69H,7-9,11-12,14-18,21,24-27,32-33,35,37-39,41,43-58,60-61,63-67H2,1-6H3,(H-,72,74,76,77)/b13-10-,22-19-,23-20-,30-28-,31-29-,36-34-,42-40-,62-59+. The lowest BCUT2D eigenvalue weighted by atomic mass is 10.0. The van der Waals surface area contributed by atoms with E-state index in [9.17, 15) is 19.0 Å². The minimum Gasteiger partial charge on any atom is -0.756 e. The Morgan fingerprint density at radius 3 is 1.21 bits per heavy atom. The summed E-state index contributed by atoms with van der Waals surface area (Å²) in [5.41, 5.74) is 0. The topological polar surface area (TPSA) is 114 Å². The highest BCUT2D eigenvalue weighted by atomic mass is 31.2. The Morgan fingerprint density at radius 1 is 0.444 bits per heavy atom. The van der Waals surface area contributed by atoms with E-state index in [0.29, 0.717) is 23.9 Å². The minimum atomic E-state index is -4.71. The zero-order chi connectivity index (χ0) is 59.3. The van der Waals surface area contributed by atoms with Crippen LogP contribution < -0.4 is 10.2 Å². The van der Waals surface area contributed by atoms with Crippen LogP contribution in [0.2, 0.25) is 0 Å². The molecule has 10 heteroatoms. The van der Waals surface area contributed by atoms with E-state index in [1.54, 1.807) is 0 Å². The second-order valence-corrected chi connectivity index (χ2v) is 25.0. The van der Waals surface area contributed by atoms with Crippen LogP contribution in [0.15, 0.2) is 97.2 Å². The second kappa shape index (κ2) is 60.1. The summed E-state index contributed by atoms with van der Waals surface area (Å²) in [5, 5.41) is 3.03. The van der Waals surface area contributed by atoms with Crippen molar-refractivity contribution in [2.75, 3.05) is 40.9 Å². The van der Waals surface area contributed by atoms with Gasteiger partial charge in [-0.25, -0.2) is 0 Å². The fourth-order valence-corrected chi connectivity index (χ4v) is 10.1. The molecule has 0 radical (unpaired) electrons. The molecule has 0 aliphatic carbocycles. The van der Waals surface area contributed by atoms with Crippen LogP contribution in [-0.4, -0.2) is 69.4 Å². The number of phosphoric acid groups is 1. The van der Waals surface area contributed by atoms with Crippen LogP contribution in [0.5, 0.6) is 0 Å². The number of esters is 1. The average Bonchev–Trinajstić information content (AvgIpc) is 3.44. The molecule has 0 aliphatic rings. The molecule has 3 atom stereocenters. The molecule has 0 aromatic rings. The molecule has 0 rings (SSSR count). The largest absolute Gasteiger partial charge is 0.756 e. The van der Waals surface area contributed by atoms with Crippen molar-refractivity contribution in [1.82, 2.24) is 5.32 Å². The molecular formula is C71H127N2O7P. The van der Waals surface area contributed by atoms with Crippen molar-refractivity contribution in [3.8, 4) is 0 Å². The Bertz CT molecular complexity index is 1710. The van der Waals surface area contributed by atoms with Gasteiger partial charge in [0.1, 0.15) is 19.3 Å². The smallest absolute Gasteiger partial charge is 0.306 e. The number of nitrogens with zero attached hydrogens (tertiary/aromatic N) is 1. The van der Waals surface area contributed by atoms with Crippen molar-refractivity contribution in [2.24, 2.45) is 0 Å². The van der Waals surface area contributed by atoms with Crippen molar-refractivity contribution in [2.45, 2.75) is 303 Å². The molecule has 1 amide bonds. The number of phosphoric ester groups is 1. The van der Waals surface area contributed by atoms with Gasteiger partial charge in [0.05, 0.1) is 33.8 Å². The number of hydrogen-bond donors (Lipinski definition) is 1. The quantitative estimate of drug-likeness (QED) is 0.0212. The maximum atomic E-state index is 13.6. The number of hydrogen-bond acceptors (Lipinski definition) is 7. The van der Waals surface area contributed by atoms with Gasteiger partial charge in [0, 0.05) is 12.8 Å². The van der Waals surface area contributed by atoms with Gasteiger partial charge in [0.15, 0.2) is 0 Å². The molecule has 3 unspecified atom stereocenters. The third-order valence-electron chi connectivity index (χ3n) is 14.5. The van der Waals surface area contributed by atoms with Gasteiger partial charge in [-0.15, -0.1) is 0 Å². The number of carbonyl (C=O) groups excluding carboxylic acids is 2. The normalized spacial score (nSPS) is 14.2. The number of unbranched alkanes of at least 4 members (excludes halogenated alkanes) is 30.